The first-order valence-corrected chi connectivity index (χ1v) is 9.37. The molecular formula is C21H27NO4. The topological polar surface area (TPSA) is 59.8 Å². The molecule has 140 valence electrons. The Morgan fingerprint density at radius 2 is 2.00 bits per heavy atom. The highest BCUT2D eigenvalue weighted by Crippen LogP contribution is 2.25. The minimum atomic E-state index is -0.364. The van der Waals surface area contributed by atoms with Crippen molar-refractivity contribution in [3.05, 3.63) is 39.7 Å². The number of ether oxygens (including phenoxy) is 1. The maximum Gasteiger partial charge on any atom is 0.339 e. The lowest BCUT2D eigenvalue weighted by molar-refractivity contribution is -0.132. The lowest BCUT2D eigenvalue weighted by atomic mass is 9.94. The summed E-state index contributed by atoms with van der Waals surface area (Å²) in [6, 6.07) is 5.81. The average Bonchev–Trinajstić information content (AvgIpc) is 2.67. The summed E-state index contributed by atoms with van der Waals surface area (Å²) < 4.78 is 10.6. The van der Waals surface area contributed by atoms with E-state index in [1.54, 1.807) is 13.2 Å². The van der Waals surface area contributed by atoms with Crippen LogP contribution in [-0.4, -0.2) is 31.0 Å². The fraction of sp³-hybridized carbons (Fsp3) is 0.524. The van der Waals surface area contributed by atoms with E-state index in [1.807, 2.05) is 31.0 Å². The number of benzene rings is 1. The Hall–Kier alpha value is -2.30. The minimum Gasteiger partial charge on any atom is -0.497 e. The quantitative estimate of drug-likeness (QED) is 0.763. The SMILES string of the molecule is COc1ccc2c(C)c(CCC(=O)N(C)C3CCCCC3)c(=O)oc2c1. The van der Waals surface area contributed by atoms with Gasteiger partial charge in [-0.3, -0.25) is 4.79 Å². The molecule has 1 aliphatic rings. The summed E-state index contributed by atoms with van der Waals surface area (Å²) in [5.74, 6) is 0.752. The van der Waals surface area contributed by atoms with Crippen molar-refractivity contribution in [3.63, 3.8) is 0 Å². The van der Waals surface area contributed by atoms with E-state index in [0.29, 0.717) is 35.8 Å². The van der Waals surface area contributed by atoms with Gasteiger partial charge in [0, 0.05) is 36.5 Å². The van der Waals surface area contributed by atoms with Gasteiger partial charge >= 0.3 is 5.63 Å². The molecule has 3 rings (SSSR count). The summed E-state index contributed by atoms with van der Waals surface area (Å²) in [5, 5.41) is 0.883. The second-order valence-electron chi connectivity index (χ2n) is 7.15. The van der Waals surface area contributed by atoms with E-state index in [2.05, 4.69) is 0 Å². The molecule has 0 unspecified atom stereocenters. The molecule has 1 aliphatic carbocycles. The van der Waals surface area contributed by atoms with Crippen molar-refractivity contribution in [1.29, 1.82) is 0 Å². The van der Waals surface area contributed by atoms with Gasteiger partial charge in [-0.15, -0.1) is 0 Å². The Labute approximate surface area is 153 Å². The minimum absolute atomic E-state index is 0.102. The molecule has 1 amide bonds. The smallest absolute Gasteiger partial charge is 0.339 e. The molecule has 0 bridgehead atoms. The lowest BCUT2D eigenvalue weighted by Gasteiger charge is -2.31. The molecule has 5 heteroatoms. The first-order valence-electron chi connectivity index (χ1n) is 9.37. The Balaban J connectivity index is 1.76. The van der Waals surface area contributed by atoms with Gasteiger partial charge in [-0.25, -0.2) is 4.79 Å². The van der Waals surface area contributed by atoms with Gasteiger partial charge in [-0.05, 0) is 43.9 Å². The number of amides is 1. The van der Waals surface area contributed by atoms with E-state index in [9.17, 15) is 9.59 Å². The van der Waals surface area contributed by atoms with Crippen LogP contribution in [-0.2, 0) is 11.2 Å². The summed E-state index contributed by atoms with van der Waals surface area (Å²) in [7, 11) is 3.47. The van der Waals surface area contributed by atoms with Gasteiger partial charge in [0.25, 0.3) is 0 Å². The molecule has 0 saturated heterocycles. The van der Waals surface area contributed by atoms with Gasteiger partial charge in [0.2, 0.25) is 5.91 Å². The zero-order valence-electron chi connectivity index (χ0n) is 15.8. The van der Waals surface area contributed by atoms with Crippen LogP contribution in [0.2, 0.25) is 0 Å². The molecule has 0 spiro atoms. The Morgan fingerprint density at radius 3 is 2.69 bits per heavy atom. The highest BCUT2D eigenvalue weighted by Gasteiger charge is 2.22. The predicted molar refractivity (Wildman–Crippen MR) is 102 cm³/mol. The van der Waals surface area contributed by atoms with Crippen molar-refractivity contribution in [2.24, 2.45) is 0 Å². The number of carbonyl (C=O) groups excluding carboxylic acids is 1. The predicted octanol–water partition coefficient (Wildman–Crippen LogP) is 3.83. The van der Waals surface area contributed by atoms with E-state index in [-0.39, 0.29) is 11.5 Å². The summed E-state index contributed by atoms with van der Waals surface area (Å²) in [5.41, 5.74) is 1.62. The summed E-state index contributed by atoms with van der Waals surface area (Å²) in [6.07, 6.45) is 6.56. The van der Waals surface area contributed by atoms with Crippen molar-refractivity contribution < 1.29 is 13.9 Å². The highest BCUT2D eigenvalue weighted by atomic mass is 16.5. The number of hydrogen-bond donors (Lipinski definition) is 0. The van der Waals surface area contributed by atoms with Crippen molar-refractivity contribution in [2.45, 2.75) is 57.9 Å². The van der Waals surface area contributed by atoms with E-state index in [0.717, 1.165) is 23.8 Å². The van der Waals surface area contributed by atoms with Crippen LogP contribution >= 0.6 is 0 Å². The van der Waals surface area contributed by atoms with Gasteiger partial charge in [0.15, 0.2) is 0 Å². The molecule has 5 nitrogen and oxygen atoms in total. The van der Waals surface area contributed by atoms with Crippen LogP contribution < -0.4 is 10.4 Å². The Bertz CT molecular complexity index is 849. The number of fused-ring (bicyclic) bond motifs is 1. The first kappa shape index (κ1) is 18.5. The molecule has 1 heterocycles. The van der Waals surface area contributed by atoms with Crippen molar-refractivity contribution in [3.8, 4) is 5.75 Å². The first-order chi connectivity index (χ1) is 12.5. The lowest BCUT2D eigenvalue weighted by Crippen LogP contribution is -2.38. The van der Waals surface area contributed by atoms with Crippen molar-refractivity contribution >= 4 is 16.9 Å². The van der Waals surface area contributed by atoms with Gasteiger partial charge in [-0.2, -0.15) is 0 Å². The second-order valence-corrected chi connectivity index (χ2v) is 7.15. The van der Waals surface area contributed by atoms with Gasteiger partial charge in [0.05, 0.1) is 7.11 Å². The van der Waals surface area contributed by atoms with Gasteiger partial charge in [-0.1, -0.05) is 19.3 Å². The van der Waals surface area contributed by atoms with Gasteiger partial charge in [0.1, 0.15) is 11.3 Å². The zero-order chi connectivity index (χ0) is 18.7. The monoisotopic (exact) mass is 357 g/mol. The molecule has 1 aromatic heterocycles. The molecule has 0 aliphatic heterocycles. The fourth-order valence-corrected chi connectivity index (χ4v) is 3.87. The zero-order valence-corrected chi connectivity index (χ0v) is 15.8. The summed E-state index contributed by atoms with van der Waals surface area (Å²) >= 11 is 0. The standard InChI is InChI=1S/C21H27NO4/c1-14-17-10-9-16(25-3)13-19(17)26-21(24)18(14)11-12-20(23)22(2)15-7-5-4-6-8-15/h9-10,13,15H,4-8,11-12H2,1-3H3. The summed E-state index contributed by atoms with van der Waals surface area (Å²) in [6.45, 7) is 1.91. The number of carbonyl (C=O) groups is 1. The maximum atomic E-state index is 12.6. The number of nitrogens with zero attached hydrogens (tertiary/aromatic N) is 1. The van der Waals surface area contributed by atoms with Crippen molar-refractivity contribution in [1.82, 2.24) is 4.90 Å². The van der Waals surface area contributed by atoms with E-state index in [1.165, 1.54) is 19.3 Å². The Kier molecular flexibility index (Phi) is 5.64. The molecule has 1 aromatic carbocycles. The number of rotatable bonds is 5. The largest absolute Gasteiger partial charge is 0.497 e. The van der Waals surface area contributed by atoms with Crippen LogP contribution in [0.5, 0.6) is 5.75 Å². The Morgan fingerprint density at radius 1 is 1.27 bits per heavy atom. The van der Waals surface area contributed by atoms with Crippen LogP contribution in [0, 0.1) is 6.92 Å². The van der Waals surface area contributed by atoms with Crippen LogP contribution in [0.4, 0.5) is 0 Å². The third-order valence-corrected chi connectivity index (χ3v) is 5.60. The summed E-state index contributed by atoms with van der Waals surface area (Å²) in [4.78, 5) is 26.8. The molecule has 1 saturated carbocycles. The molecule has 1 fully saturated rings. The highest BCUT2D eigenvalue weighted by molar-refractivity contribution is 5.82. The molecule has 2 aromatic rings. The number of aryl methyl sites for hydroxylation is 1. The number of hydrogen-bond acceptors (Lipinski definition) is 4. The fourth-order valence-electron chi connectivity index (χ4n) is 3.87. The average molecular weight is 357 g/mol. The third-order valence-electron chi connectivity index (χ3n) is 5.60. The molecule has 0 atom stereocenters. The molecule has 0 radical (unpaired) electrons. The van der Waals surface area contributed by atoms with E-state index in [4.69, 9.17) is 9.15 Å². The second kappa shape index (κ2) is 7.94. The van der Waals surface area contributed by atoms with Crippen LogP contribution in [0.25, 0.3) is 11.0 Å². The van der Waals surface area contributed by atoms with E-state index >= 15 is 0 Å². The molecule has 0 N–H and O–H groups in total. The van der Waals surface area contributed by atoms with Crippen molar-refractivity contribution in [2.75, 3.05) is 14.2 Å². The third kappa shape index (κ3) is 3.76. The van der Waals surface area contributed by atoms with Crippen LogP contribution in [0.3, 0.4) is 0 Å². The number of methoxy groups -OCH3 is 1. The van der Waals surface area contributed by atoms with E-state index < -0.39 is 0 Å². The normalized spacial score (nSPS) is 15.2. The van der Waals surface area contributed by atoms with Crippen LogP contribution in [0.1, 0.15) is 49.7 Å². The van der Waals surface area contributed by atoms with Gasteiger partial charge < -0.3 is 14.1 Å². The molecular weight excluding hydrogens is 330 g/mol. The maximum absolute atomic E-state index is 12.6. The molecule has 26 heavy (non-hydrogen) atoms. The van der Waals surface area contributed by atoms with Crippen LogP contribution in [0.15, 0.2) is 27.4 Å².